The number of rotatable bonds is 1. The summed E-state index contributed by atoms with van der Waals surface area (Å²) in [6.45, 7) is 0. The van der Waals surface area contributed by atoms with Crippen molar-refractivity contribution in [2.45, 2.75) is 16.8 Å². The largest absolute Gasteiger partial charge is 0.550 e. The summed E-state index contributed by atoms with van der Waals surface area (Å²) in [7, 11) is 0. The molecule has 1 aliphatic rings. The van der Waals surface area contributed by atoms with Gasteiger partial charge in [-0.3, -0.25) is 0 Å². The first kappa shape index (κ1) is 8.04. The van der Waals surface area contributed by atoms with Crippen LogP contribution in [0.4, 0.5) is 0 Å². The molecule has 0 saturated heterocycles. The van der Waals surface area contributed by atoms with Gasteiger partial charge in [-0.05, 0) is 12.8 Å². The molecule has 1 rings (SSSR count). The zero-order valence-corrected chi connectivity index (χ0v) is 7.58. The quantitative estimate of drug-likeness (QED) is 0.387. The highest BCUT2D eigenvalue weighted by Crippen LogP contribution is 2.25. The zero-order chi connectivity index (χ0) is 7.56. The summed E-state index contributed by atoms with van der Waals surface area (Å²) in [6.07, 6.45) is 5.43. The van der Waals surface area contributed by atoms with Crippen LogP contribution in [0.15, 0.2) is 12.2 Å². The highest BCUT2D eigenvalue weighted by atomic mass is 127. The van der Waals surface area contributed by atoms with Crippen LogP contribution in [0.3, 0.4) is 0 Å². The van der Waals surface area contributed by atoms with Gasteiger partial charge < -0.3 is 9.90 Å². The summed E-state index contributed by atoms with van der Waals surface area (Å²) in [5.41, 5.74) is 0. The van der Waals surface area contributed by atoms with E-state index in [9.17, 15) is 9.90 Å². The van der Waals surface area contributed by atoms with Gasteiger partial charge in [0.2, 0.25) is 0 Å². The molecule has 56 valence electrons. The molecular formula is C7H8IO2-. The summed E-state index contributed by atoms with van der Waals surface area (Å²) in [6, 6.07) is 0. The van der Waals surface area contributed by atoms with Crippen LogP contribution < -0.4 is 5.11 Å². The van der Waals surface area contributed by atoms with Crippen molar-refractivity contribution in [1.82, 2.24) is 0 Å². The monoisotopic (exact) mass is 251 g/mol. The summed E-state index contributed by atoms with van der Waals surface area (Å²) in [4.78, 5) is 10.4. The number of carbonyl (C=O) groups excluding carboxylic acids is 1. The van der Waals surface area contributed by atoms with Gasteiger partial charge in [0, 0.05) is 15.8 Å². The standard InChI is InChI=1S/C7H9IO2/c8-6-4-2-1-3-5(6)7(9)10/h1-2,5-6H,3-4H2,(H,9,10)/p-1. The van der Waals surface area contributed by atoms with Gasteiger partial charge in [0.15, 0.2) is 0 Å². The Morgan fingerprint density at radius 3 is 2.50 bits per heavy atom. The zero-order valence-electron chi connectivity index (χ0n) is 5.42. The molecule has 0 fully saturated rings. The van der Waals surface area contributed by atoms with Crippen LogP contribution in [0.1, 0.15) is 12.8 Å². The summed E-state index contributed by atoms with van der Waals surface area (Å²) < 4.78 is 0.215. The number of carboxylic acid groups (broad SMARTS) is 1. The maximum Gasteiger partial charge on any atom is 0.0458 e. The molecule has 0 saturated carbocycles. The molecule has 0 bridgehead atoms. The van der Waals surface area contributed by atoms with E-state index in [0.717, 1.165) is 6.42 Å². The molecule has 10 heavy (non-hydrogen) atoms. The maximum atomic E-state index is 10.4. The van der Waals surface area contributed by atoms with Crippen molar-refractivity contribution in [3.05, 3.63) is 12.2 Å². The van der Waals surface area contributed by atoms with Crippen molar-refractivity contribution in [3.8, 4) is 0 Å². The number of aliphatic carboxylic acids is 1. The van der Waals surface area contributed by atoms with Gasteiger partial charge in [-0.2, -0.15) is 0 Å². The van der Waals surface area contributed by atoms with Gasteiger partial charge in [0.1, 0.15) is 0 Å². The third kappa shape index (κ3) is 1.71. The predicted octanol–water partition coefficient (Wildman–Crippen LogP) is 0.506. The van der Waals surface area contributed by atoms with E-state index in [1.807, 2.05) is 12.2 Å². The Labute approximate surface area is 73.5 Å². The molecule has 0 heterocycles. The van der Waals surface area contributed by atoms with Crippen LogP contribution in [0, 0.1) is 5.92 Å². The molecule has 0 aliphatic heterocycles. The Morgan fingerprint density at radius 2 is 2.10 bits per heavy atom. The van der Waals surface area contributed by atoms with E-state index in [1.165, 1.54) is 0 Å². The smallest absolute Gasteiger partial charge is 0.0458 e. The fourth-order valence-corrected chi connectivity index (χ4v) is 1.91. The second-order valence-corrected chi connectivity index (χ2v) is 3.98. The molecule has 2 unspecified atom stereocenters. The lowest BCUT2D eigenvalue weighted by atomic mass is 9.95. The molecule has 2 nitrogen and oxygen atoms in total. The Morgan fingerprint density at radius 1 is 1.50 bits per heavy atom. The van der Waals surface area contributed by atoms with Crippen LogP contribution in [-0.2, 0) is 4.79 Å². The Balaban J connectivity index is 2.59. The number of carbonyl (C=O) groups is 1. The highest BCUT2D eigenvalue weighted by molar-refractivity contribution is 14.1. The third-order valence-corrected chi connectivity index (χ3v) is 3.03. The van der Waals surface area contributed by atoms with Gasteiger partial charge >= 0.3 is 0 Å². The Bertz CT molecular complexity index is 165. The van der Waals surface area contributed by atoms with Crippen molar-refractivity contribution < 1.29 is 9.90 Å². The molecule has 0 amide bonds. The lowest BCUT2D eigenvalue weighted by Gasteiger charge is -2.24. The van der Waals surface area contributed by atoms with Crippen molar-refractivity contribution in [2.75, 3.05) is 0 Å². The lowest BCUT2D eigenvalue weighted by Crippen LogP contribution is -2.36. The number of hydrogen-bond acceptors (Lipinski definition) is 2. The fraction of sp³-hybridized carbons (Fsp3) is 0.571. The van der Waals surface area contributed by atoms with Gasteiger partial charge in [-0.1, -0.05) is 34.7 Å². The molecular weight excluding hydrogens is 243 g/mol. The topological polar surface area (TPSA) is 40.1 Å². The SMILES string of the molecule is O=C([O-])C1CC=CCC1I. The number of halogens is 1. The maximum absolute atomic E-state index is 10.4. The van der Waals surface area contributed by atoms with E-state index in [-0.39, 0.29) is 9.84 Å². The first-order chi connectivity index (χ1) is 4.72. The second kappa shape index (κ2) is 3.37. The molecule has 3 heteroatoms. The van der Waals surface area contributed by atoms with E-state index < -0.39 is 5.97 Å². The van der Waals surface area contributed by atoms with Gasteiger partial charge in [-0.15, -0.1) is 0 Å². The first-order valence-electron chi connectivity index (χ1n) is 3.21. The van der Waals surface area contributed by atoms with Crippen molar-refractivity contribution in [3.63, 3.8) is 0 Å². The first-order valence-corrected chi connectivity index (χ1v) is 4.46. The number of carboxylic acids is 1. The Kier molecular flexibility index (Phi) is 2.71. The van der Waals surface area contributed by atoms with Crippen LogP contribution in [0.2, 0.25) is 0 Å². The Hall–Kier alpha value is -0.0600. The van der Waals surface area contributed by atoms with E-state index >= 15 is 0 Å². The van der Waals surface area contributed by atoms with Crippen LogP contribution in [-0.4, -0.2) is 9.89 Å². The molecule has 0 radical (unpaired) electrons. The molecule has 2 atom stereocenters. The van der Waals surface area contributed by atoms with Crippen molar-refractivity contribution >= 4 is 28.6 Å². The van der Waals surface area contributed by atoms with E-state index in [0.29, 0.717) is 6.42 Å². The van der Waals surface area contributed by atoms with Gasteiger partial charge in [0.05, 0.1) is 0 Å². The molecule has 0 spiro atoms. The number of allylic oxidation sites excluding steroid dienone is 2. The van der Waals surface area contributed by atoms with Crippen LogP contribution in [0.5, 0.6) is 0 Å². The van der Waals surface area contributed by atoms with Crippen LogP contribution in [0.25, 0.3) is 0 Å². The second-order valence-electron chi connectivity index (χ2n) is 2.38. The normalized spacial score (nSPS) is 32.1. The minimum absolute atomic E-state index is 0.215. The summed E-state index contributed by atoms with van der Waals surface area (Å²) in [5, 5.41) is 10.4. The molecule has 0 aromatic rings. The lowest BCUT2D eigenvalue weighted by molar-refractivity contribution is -0.311. The molecule has 1 aliphatic carbocycles. The number of alkyl halides is 1. The minimum atomic E-state index is -0.913. The summed E-state index contributed by atoms with van der Waals surface area (Å²) in [5.74, 6) is -1.19. The van der Waals surface area contributed by atoms with E-state index in [2.05, 4.69) is 22.6 Å². The highest BCUT2D eigenvalue weighted by Gasteiger charge is 2.19. The average Bonchev–Trinajstić information content (AvgIpc) is 1.88. The van der Waals surface area contributed by atoms with Crippen molar-refractivity contribution in [2.24, 2.45) is 5.92 Å². The molecule has 0 N–H and O–H groups in total. The summed E-state index contributed by atoms with van der Waals surface area (Å²) >= 11 is 2.16. The minimum Gasteiger partial charge on any atom is -0.550 e. The van der Waals surface area contributed by atoms with E-state index in [1.54, 1.807) is 0 Å². The van der Waals surface area contributed by atoms with Gasteiger partial charge in [0.25, 0.3) is 0 Å². The van der Waals surface area contributed by atoms with Gasteiger partial charge in [-0.25, -0.2) is 0 Å². The van der Waals surface area contributed by atoms with E-state index in [4.69, 9.17) is 0 Å². The number of hydrogen-bond donors (Lipinski definition) is 0. The molecule has 0 aromatic carbocycles. The molecule has 0 aromatic heterocycles. The third-order valence-electron chi connectivity index (χ3n) is 1.66. The van der Waals surface area contributed by atoms with Crippen molar-refractivity contribution in [1.29, 1.82) is 0 Å². The fourth-order valence-electron chi connectivity index (χ4n) is 1.02. The average molecular weight is 251 g/mol. The predicted molar refractivity (Wildman–Crippen MR) is 44.7 cm³/mol. The van der Waals surface area contributed by atoms with Crippen LogP contribution >= 0.6 is 22.6 Å².